The Bertz CT molecular complexity index is 832. The Morgan fingerprint density at radius 3 is 2.50 bits per heavy atom. The van der Waals surface area contributed by atoms with Crippen molar-refractivity contribution in [3.8, 4) is 11.5 Å². The van der Waals surface area contributed by atoms with Crippen LogP contribution in [0.3, 0.4) is 0 Å². The second-order valence-electron chi connectivity index (χ2n) is 7.59. The molecule has 1 fully saturated rings. The summed E-state index contributed by atoms with van der Waals surface area (Å²) in [5, 5.41) is 0. The first-order valence-corrected chi connectivity index (χ1v) is 9.49. The third-order valence-electron chi connectivity index (χ3n) is 6.23. The highest BCUT2D eigenvalue weighted by Gasteiger charge is 2.39. The number of likely N-dealkylation sites (tertiary alicyclic amines) is 1. The average molecular weight is 350 g/mol. The van der Waals surface area contributed by atoms with Crippen molar-refractivity contribution in [1.82, 2.24) is 0 Å². The molecule has 2 aromatic rings. The molecule has 0 radical (unpaired) electrons. The van der Waals surface area contributed by atoms with E-state index in [0.29, 0.717) is 0 Å². The van der Waals surface area contributed by atoms with Crippen molar-refractivity contribution in [2.75, 3.05) is 27.3 Å². The van der Waals surface area contributed by atoms with Crippen molar-refractivity contribution >= 4 is 6.08 Å². The largest absolute Gasteiger partial charge is 0.496 e. The van der Waals surface area contributed by atoms with Gasteiger partial charge in [0.25, 0.3) is 0 Å². The maximum absolute atomic E-state index is 5.70. The molecule has 1 saturated heterocycles. The fourth-order valence-corrected chi connectivity index (χ4v) is 4.74. The van der Waals surface area contributed by atoms with E-state index in [1.807, 2.05) is 0 Å². The van der Waals surface area contributed by atoms with Gasteiger partial charge in [0.15, 0.2) is 0 Å². The predicted molar refractivity (Wildman–Crippen MR) is 105 cm³/mol. The van der Waals surface area contributed by atoms with Gasteiger partial charge in [-0.25, -0.2) is 0 Å². The van der Waals surface area contributed by atoms with E-state index in [1.165, 1.54) is 42.6 Å². The molecule has 0 bridgehead atoms. The number of ether oxygens (including phenoxy) is 2. The summed E-state index contributed by atoms with van der Waals surface area (Å²) in [5.41, 5.74) is 5.56. The summed E-state index contributed by atoms with van der Waals surface area (Å²) in [5.74, 6) is 1.87. The van der Waals surface area contributed by atoms with Gasteiger partial charge in [-0.15, -0.1) is 0 Å². The van der Waals surface area contributed by atoms with Gasteiger partial charge in [-0.1, -0.05) is 36.4 Å². The van der Waals surface area contributed by atoms with Gasteiger partial charge in [0, 0.05) is 29.4 Å². The van der Waals surface area contributed by atoms with E-state index in [9.17, 15) is 0 Å². The minimum absolute atomic E-state index is 0.264. The molecule has 0 atom stereocenters. The Labute approximate surface area is 156 Å². The summed E-state index contributed by atoms with van der Waals surface area (Å²) in [4.78, 5) is 1.64. The first-order chi connectivity index (χ1) is 12.7. The van der Waals surface area contributed by atoms with Crippen LogP contribution in [-0.4, -0.2) is 27.3 Å². The maximum Gasteiger partial charge on any atom is 0.134 e. The van der Waals surface area contributed by atoms with Crippen molar-refractivity contribution in [3.05, 3.63) is 64.7 Å². The van der Waals surface area contributed by atoms with Crippen LogP contribution in [-0.2, 0) is 12.0 Å². The minimum Gasteiger partial charge on any atom is -0.496 e. The lowest BCUT2D eigenvalue weighted by atomic mass is 9.74. The Balaban J connectivity index is 1.49. The summed E-state index contributed by atoms with van der Waals surface area (Å²) >= 11 is 0. The van der Waals surface area contributed by atoms with Crippen molar-refractivity contribution in [1.29, 1.82) is 0 Å². The van der Waals surface area contributed by atoms with Crippen molar-refractivity contribution in [2.45, 2.75) is 31.7 Å². The van der Waals surface area contributed by atoms with Crippen LogP contribution in [0.2, 0.25) is 0 Å². The Morgan fingerprint density at radius 1 is 1.00 bits per heavy atom. The monoisotopic (exact) mass is 350 g/mol. The summed E-state index contributed by atoms with van der Waals surface area (Å²) in [6.45, 7) is 5.46. The van der Waals surface area contributed by atoms with Crippen LogP contribution in [0.1, 0.15) is 35.1 Å². The normalized spacial score (nSPS) is 23.9. The fourth-order valence-electron chi connectivity index (χ4n) is 4.74. The third kappa shape index (κ3) is 2.80. The van der Waals surface area contributed by atoms with Crippen molar-refractivity contribution in [3.63, 3.8) is 0 Å². The molecule has 2 aliphatic rings. The SMILES string of the molecule is COc1ccc(C[NH+]2CCC3(C=Cc4ccccc43)CC2)c(OC)c1C. The van der Waals surface area contributed by atoms with Gasteiger partial charge in [0.1, 0.15) is 18.0 Å². The van der Waals surface area contributed by atoms with Gasteiger partial charge in [0.05, 0.1) is 27.3 Å². The number of nitrogens with one attached hydrogen (secondary N) is 1. The molecular formula is C23H28NO2+. The molecule has 4 rings (SSSR count). The van der Waals surface area contributed by atoms with E-state index in [-0.39, 0.29) is 5.41 Å². The van der Waals surface area contributed by atoms with Crippen LogP contribution < -0.4 is 14.4 Å². The Hall–Kier alpha value is -2.26. The molecule has 0 aromatic heterocycles. The lowest BCUT2D eigenvalue weighted by Crippen LogP contribution is -3.12. The molecule has 1 aliphatic heterocycles. The Kier molecular flexibility index (Phi) is 4.49. The molecule has 2 aromatic carbocycles. The number of benzene rings is 2. The average Bonchev–Trinajstić information content (AvgIpc) is 3.03. The van der Waals surface area contributed by atoms with E-state index in [0.717, 1.165) is 23.6 Å². The van der Waals surface area contributed by atoms with E-state index in [1.54, 1.807) is 19.1 Å². The highest BCUT2D eigenvalue weighted by Crippen LogP contribution is 2.41. The molecule has 1 spiro atoms. The van der Waals surface area contributed by atoms with Gasteiger partial charge in [-0.3, -0.25) is 0 Å². The third-order valence-corrected chi connectivity index (χ3v) is 6.23. The first-order valence-electron chi connectivity index (χ1n) is 9.49. The molecule has 0 amide bonds. The van der Waals surface area contributed by atoms with Gasteiger partial charge < -0.3 is 14.4 Å². The van der Waals surface area contributed by atoms with Crippen molar-refractivity contribution in [2.24, 2.45) is 0 Å². The van der Waals surface area contributed by atoms with E-state index in [4.69, 9.17) is 9.47 Å². The van der Waals surface area contributed by atoms with Crippen LogP contribution in [0, 0.1) is 6.92 Å². The lowest BCUT2D eigenvalue weighted by Gasteiger charge is -2.37. The van der Waals surface area contributed by atoms with Gasteiger partial charge in [0.2, 0.25) is 0 Å². The van der Waals surface area contributed by atoms with Gasteiger partial charge >= 0.3 is 0 Å². The van der Waals surface area contributed by atoms with Crippen LogP contribution in [0.15, 0.2) is 42.5 Å². The minimum atomic E-state index is 0.264. The molecule has 0 saturated carbocycles. The fraction of sp³-hybridized carbons (Fsp3) is 0.391. The quantitative estimate of drug-likeness (QED) is 0.915. The number of fused-ring (bicyclic) bond motifs is 2. The highest BCUT2D eigenvalue weighted by atomic mass is 16.5. The second kappa shape index (κ2) is 6.81. The zero-order valence-electron chi connectivity index (χ0n) is 16.0. The molecule has 1 heterocycles. The molecule has 136 valence electrons. The number of quaternary nitrogens is 1. The zero-order chi connectivity index (χ0) is 18.1. The molecular weight excluding hydrogens is 322 g/mol. The number of allylic oxidation sites excluding steroid dienone is 1. The maximum atomic E-state index is 5.70. The summed E-state index contributed by atoms with van der Waals surface area (Å²) in [7, 11) is 3.47. The molecule has 3 nitrogen and oxygen atoms in total. The van der Waals surface area contributed by atoms with E-state index >= 15 is 0 Å². The standard InChI is InChI=1S/C23H27NO2/c1-17-21(25-2)9-8-19(22(17)26-3)16-24-14-12-23(13-15-24)11-10-18-6-4-5-7-20(18)23/h4-11H,12-16H2,1-3H3/p+1. The lowest BCUT2D eigenvalue weighted by molar-refractivity contribution is -0.919. The van der Waals surface area contributed by atoms with Crippen LogP contribution >= 0.6 is 0 Å². The number of methoxy groups -OCH3 is 2. The van der Waals surface area contributed by atoms with Gasteiger partial charge in [-0.05, 0) is 30.2 Å². The van der Waals surface area contributed by atoms with Gasteiger partial charge in [-0.2, -0.15) is 0 Å². The molecule has 26 heavy (non-hydrogen) atoms. The zero-order valence-corrected chi connectivity index (χ0v) is 16.0. The Morgan fingerprint density at radius 2 is 1.77 bits per heavy atom. The summed E-state index contributed by atoms with van der Waals surface area (Å²) in [6.07, 6.45) is 7.20. The topological polar surface area (TPSA) is 22.9 Å². The number of rotatable bonds is 4. The number of piperidine rings is 1. The van der Waals surface area contributed by atoms with Crippen LogP contribution in [0.5, 0.6) is 11.5 Å². The van der Waals surface area contributed by atoms with Crippen molar-refractivity contribution < 1.29 is 14.4 Å². The number of hydrogen-bond acceptors (Lipinski definition) is 2. The molecule has 0 unspecified atom stereocenters. The predicted octanol–water partition coefficient (Wildman–Crippen LogP) is 3.16. The number of hydrogen-bond donors (Lipinski definition) is 1. The molecule has 3 heteroatoms. The van der Waals surface area contributed by atoms with Crippen LogP contribution in [0.4, 0.5) is 0 Å². The first kappa shape index (κ1) is 17.2. The smallest absolute Gasteiger partial charge is 0.134 e. The second-order valence-corrected chi connectivity index (χ2v) is 7.59. The van der Waals surface area contributed by atoms with E-state index < -0.39 is 0 Å². The highest BCUT2D eigenvalue weighted by molar-refractivity contribution is 5.65. The molecule has 1 aliphatic carbocycles. The summed E-state index contributed by atoms with van der Waals surface area (Å²) in [6, 6.07) is 13.1. The molecule has 1 N–H and O–H groups in total. The van der Waals surface area contributed by atoms with Crippen LogP contribution in [0.25, 0.3) is 6.08 Å². The summed E-state index contributed by atoms with van der Waals surface area (Å²) < 4.78 is 11.1. The van der Waals surface area contributed by atoms with E-state index in [2.05, 4.69) is 55.5 Å².